The van der Waals surface area contributed by atoms with E-state index in [4.69, 9.17) is 10.5 Å². The van der Waals surface area contributed by atoms with E-state index in [2.05, 4.69) is 20.3 Å². The lowest BCUT2D eigenvalue weighted by molar-refractivity contribution is -0.142. The summed E-state index contributed by atoms with van der Waals surface area (Å²) in [6, 6.07) is 6.67. The molecule has 0 aliphatic rings. The summed E-state index contributed by atoms with van der Waals surface area (Å²) >= 11 is 0. The van der Waals surface area contributed by atoms with E-state index in [1.807, 2.05) is 0 Å². The van der Waals surface area contributed by atoms with Gasteiger partial charge >= 0.3 is 6.18 Å². The standard InChI is InChI=1S/C14H11F3N6O/c1-24-13-5-2-8(7-19-13)9-6-10(14(15,16)17)23(22-9)12-4-3-11(18)20-21-12/h2-7H,1H3,(H2,18,20). The van der Waals surface area contributed by atoms with Crippen molar-refractivity contribution in [3.63, 3.8) is 0 Å². The molecule has 10 heteroatoms. The van der Waals surface area contributed by atoms with Crippen molar-refractivity contribution < 1.29 is 17.9 Å². The lowest BCUT2D eigenvalue weighted by atomic mass is 10.2. The smallest absolute Gasteiger partial charge is 0.433 e. The van der Waals surface area contributed by atoms with Crippen LogP contribution in [0.5, 0.6) is 5.88 Å². The summed E-state index contributed by atoms with van der Waals surface area (Å²) in [7, 11) is 1.44. The Labute approximate surface area is 133 Å². The summed E-state index contributed by atoms with van der Waals surface area (Å²) in [5, 5.41) is 11.2. The predicted molar refractivity (Wildman–Crippen MR) is 78.4 cm³/mol. The Bertz CT molecular complexity index is 842. The quantitative estimate of drug-likeness (QED) is 0.789. The van der Waals surface area contributed by atoms with Crippen molar-refractivity contribution in [1.29, 1.82) is 0 Å². The Kier molecular flexibility index (Phi) is 3.80. The van der Waals surface area contributed by atoms with Gasteiger partial charge < -0.3 is 10.5 Å². The van der Waals surface area contributed by atoms with Gasteiger partial charge in [-0.15, -0.1) is 10.2 Å². The van der Waals surface area contributed by atoms with Gasteiger partial charge in [-0.05, 0) is 24.3 Å². The average Bonchev–Trinajstić information content (AvgIpc) is 3.01. The predicted octanol–water partition coefficient (Wildman–Crippen LogP) is 2.33. The van der Waals surface area contributed by atoms with Crippen molar-refractivity contribution in [2.24, 2.45) is 0 Å². The Morgan fingerprint density at radius 3 is 2.46 bits per heavy atom. The van der Waals surface area contributed by atoms with Crippen LogP contribution in [0.3, 0.4) is 0 Å². The molecular formula is C14H11F3N6O. The van der Waals surface area contributed by atoms with E-state index < -0.39 is 11.9 Å². The molecule has 0 fully saturated rings. The first-order valence-corrected chi connectivity index (χ1v) is 6.66. The van der Waals surface area contributed by atoms with Crippen molar-refractivity contribution in [3.8, 4) is 23.0 Å². The number of alkyl halides is 3. The molecule has 7 nitrogen and oxygen atoms in total. The number of halogens is 3. The number of ether oxygens (including phenoxy) is 1. The Balaban J connectivity index is 2.10. The number of anilines is 1. The van der Waals surface area contributed by atoms with Crippen LogP contribution >= 0.6 is 0 Å². The van der Waals surface area contributed by atoms with Crippen LogP contribution in [0.4, 0.5) is 19.0 Å². The fourth-order valence-electron chi connectivity index (χ4n) is 2.00. The van der Waals surface area contributed by atoms with Crippen LogP contribution in [0.25, 0.3) is 17.1 Å². The van der Waals surface area contributed by atoms with Gasteiger partial charge in [-0.25, -0.2) is 9.67 Å². The zero-order valence-electron chi connectivity index (χ0n) is 12.3. The number of hydrogen-bond acceptors (Lipinski definition) is 6. The zero-order chi connectivity index (χ0) is 17.3. The van der Waals surface area contributed by atoms with E-state index in [1.165, 1.54) is 31.5 Å². The summed E-state index contributed by atoms with van der Waals surface area (Å²) in [5.74, 6) is 0.349. The number of rotatable bonds is 3. The number of nitrogens with zero attached hydrogens (tertiary/aromatic N) is 5. The van der Waals surface area contributed by atoms with Crippen molar-refractivity contribution in [3.05, 3.63) is 42.2 Å². The second-order valence-electron chi connectivity index (χ2n) is 4.73. The van der Waals surface area contributed by atoms with Gasteiger partial charge in [-0.2, -0.15) is 18.3 Å². The highest BCUT2D eigenvalue weighted by molar-refractivity contribution is 5.59. The molecule has 2 N–H and O–H groups in total. The van der Waals surface area contributed by atoms with Gasteiger partial charge in [0.2, 0.25) is 5.88 Å². The van der Waals surface area contributed by atoms with Crippen LogP contribution in [-0.2, 0) is 6.18 Å². The minimum Gasteiger partial charge on any atom is -0.481 e. The van der Waals surface area contributed by atoms with E-state index in [0.29, 0.717) is 16.1 Å². The molecular weight excluding hydrogens is 325 g/mol. The summed E-state index contributed by atoms with van der Waals surface area (Å²) in [4.78, 5) is 3.96. The Hall–Kier alpha value is -3.17. The molecule has 24 heavy (non-hydrogen) atoms. The van der Waals surface area contributed by atoms with E-state index >= 15 is 0 Å². The Morgan fingerprint density at radius 2 is 1.92 bits per heavy atom. The van der Waals surface area contributed by atoms with Gasteiger partial charge in [0.25, 0.3) is 0 Å². The number of nitrogen functional groups attached to an aromatic ring is 1. The topological polar surface area (TPSA) is 91.7 Å². The lowest BCUT2D eigenvalue weighted by Gasteiger charge is -2.08. The number of methoxy groups -OCH3 is 1. The molecule has 0 aliphatic heterocycles. The highest BCUT2D eigenvalue weighted by atomic mass is 19.4. The molecule has 0 unspecified atom stereocenters. The average molecular weight is 336 g/mol. The molecule has 0 saturated carbocycles. The third kappa shape index (κ3) is 2.98. The maximum Gasteiger partial charge on any atom is 0.433 e. The molecule has 0 bridgehead atoms. The first kappa shape index (κ1) is 15.7. The fraction of sp³-hybridized carbons (Fsp3) is 0.143. The Morgan fingerprint density at radius 1 is 1.12 bits per heavy atom. The molecule has 0 radical (unpaired) electrons. The zero-order valence-corrected chi connectivity index (χ0v) is 12.3. The van der Waals surface area contributed by atoms with Crippen LogP contribution in [0, 0.1) is 0 Å². The van der Waals surface area contributed by atoms with Crippen LogP contribution < -0.4 is 10.5 Å². The van der Waals surface area contributed by atoms with Crippen LogP contribution in [0.2, 0.25) is 0 Å². The molecule has 3 rings (SSSR count). The van der Waals surface area contributed by atoms with Crippen LogP contribution in [-0.4, -0.2) is 32.1 Å². The molecule has 0 amide bonds. The van der Waals surface area contributed by atoms with Crippen molar-refractivity contribution in [1.82, 2.24) is 25.0 Å². The molecule has 3 aromatic heterocycles. The first-order valence-electron chi connectivity index (χ1n) is 6.66. The highest BCUT2D eigenvalue weighted by Crippen LogP contribution is 2.33. The normalized spacial score (nSPS) is 11.5. The maximum absolute atomic E-state index is 13.3. The van der Waals surface area contributed by atoms with Gasteiger partial charge in [0.15, 0.2) is 11.5 Å². The third-order valence-corrected chi connectivity index (χ3v) is 3.13. The number of aromatic nitrogens is 5. The second kappa shape index (κ2) is 5.80. The molecule has 0 saturated heterocycles. The molecule has 0 aliphatic carbocycles. The van der Waals surface area contributed by atoms with Crippen LogP contribution in [0.1, 0.15) is 5.69 Å². The van der Waals surface area contributed by atoms with Gasteiger partial charge in [-0.1, -0.05) is 0 Å². The molecule has 0 aromatic carbocycles. The minimum absolute atomic E-state index is 0.0933. The van der Waals surface area contributed by atoms with Crippen molar-refractivity contribution >= 4 is 5.82 Å². The fourth-order valence-corrected chi connectivity index (χ4v) is 2.00. The van der Waals surface area contributed by atoms with E-state index in [-0.39, 0.29) is 17.3 Å². The van der Waals surface area contributed by atoms with E-state index in [1.54, 1.807) is 6.07 Å². The molecule has 0 atom stereocenters. The van der Waals surface area contributed by atoms with Crippen LogP contribution in [0.15, 0.2) is 36.5 Å². The molecule has 0 spiro atoms. The summed E-state index contributed by atoms with van der Waals surface area (Å²) in [6.45, 7) is 0. The first-order chi connectivity index (χ1) is 11.4. The lowest BCUT2D eigenvalue weighted by Crippen LogP contribution is -2.14. The minimum atomic E-state index is -4.62. The number of pyridine rings is 1. The van der Waals surface area contributed by atoms with E-state index in [0.717, 1.165) is 6.07 Å². The second-order valence-corrected chi connectivity index (χ2v) is 4.73. The van der Waals surface area contributed by atoms with Gasteiger partial charge in [0.05, 0.1) is 12.8 Å². The van der Waals surface area contributed by atoms with E-state index in [9.17, 15) is 13.2 Å². The van der Waals surface area contributed by atoms with Crippen molar-refractivity contribution in [2.75, 3.05) is 12.8 Å². The summed E-state index contributed by atoms with van der Waals surface area (Å²) < 4.78 is 45.5. The highest BCUT2D eigenvalue weighted by Gasteiger charge is 2.37. The SMILES string of the molecule is COc1ccc(-c2cc(C(F)(F)F)n(-c3ccc(N)nn3)n2)cn1. The van der Waals surface area contributed by atoms with Crippen molar-refractivity contribution in [2.45, 2.75) is 6.18 Å². The molecule has 124 valence electrons. The van der Waals surface area contributed by atoms with Gasteiger partial charge in [0, 0.05) is 17.8 Å². The molecule has 3 aromatic rings. The van der Waals surface area contributed by atoms with Gasteiger partial charge in [0.1, 0.15) is 5.82 Å². The monoisotopic (exact) mass is 336 g/mol. The number of nitrogens with two attached hydrogens (primary N) is 1. The van der Waals surface area contributed by atoms with Gasteiger partial charge in [-0.3, -0.25) is 0 Å². The largest absolute Gasteiger partial charge is 0.481 e. The third-order valence-electron chi connectivity index (χ3n) is 3.13. The molecule has 3 heterocycles. The summed E-state index contributed by atoms with van der Waals surface area (Å²) in [6.07, 6.45) is -3.24. The number of hydrogen-bond donors (Lipinski definition) is 1. The maximum atomic E-state index is 13.3. The summed E-state index contributed by atoms with van der Waals surface area (Å²) in [5.41, 5.74) is 4.93.